The number of halogens is 1. The van der Waals surface area contributed by atoms with E-state index >= 15 is 4.39 Å². The van der Waals surface area contributed by atoms with Crippen molar-refractivity contribution in [1.29, 1.82) is 0 Å². The fourth-order valence-corrected chi connectivity index (χ4v) is 5.45. The Kier molecular flexibility index (Phi) is 7.00. The molecule has 9 nitrogen and oxygen atoms in total. The quantitative estimate of drug-likeness (QED) is 0.326. The van der Waals surface area contributed by atoms with E-state index in [4.69, 9.17) is 9.26 Å². The van der Waals surface area contributed by atoms with Crippen LogP contribution in [0, 0.1) is 5.92 Å². The largest absolute Gasteiger partial charge is 0.467 e. The van der Waals surface area contributed by atoms with Crippen LogP contribution in [0.1, 0.15) is 38.9 Å². The van der Waals surface area contributed by atoms with E-state index in [1.807, 2.05) is 32.9 Å². The Morgan fingerprint density at radius 3 is 2.61 bits per heavy atom. The molecule has 1 fully saturated rings. The van der Waals surface area contributed by atoms with Crippen LogP contribution in [0.2, 0.25) is 0 Å². The maximum atomic E-state index is 15.2. The minimum Gasteiger partial charge on any atom is -0.467 e. The summed E-state index contributed by atoms with van der Waals surface area (Å²) in [5.74, 6) is 0.470. The topological polar surface area (TPSA) is 114 Å². The summed E-state index contributed by atoms with van der Waals surface area (Å²) in [7, 11) is 0. The standard InChI is InChI=1S/C24H26FN5O4S2/c1-13(2)21-28-23(34-29-21)30-11-10-17(18(25)12-30)14(3)33-24-27-20-9-8-19(26-22(20)35-24)15-4-6-16(7-5-15)36(31)32/h4-9,13-14,17-18H,10-12H2,1-3H3,(H,31,32). The molecular formula is C24H26FN5O4S2. The maximum Gasteiger partial charge on any atom is 0.324 e. The second kappa shape index (κ2) is 10.2. The highest BCUT2D eigenvalue weighted by atomic mass is 32.2. The number of ether oxygens (including phenoxy) is 1. The zero-order valence-corrected chi connectivity index (χ0v) is 21.6. The van der Waals surface area contributed by atoms with Gasteiger partial charge in [-0.3, -0.25) is 0 Å². The molecule has 0 spiro atoms. The van der Waals surface area contributed by atoms with Gasteiger partial charge in [-0.15, -0.1) is 0 Å². The van der Waals surface area contributed by atoms with Crippen LogP contribution in [-0.4, -0.2) is 54.2 Å². The molecule has 1 aliphatic heterocycles. The lowest BCUT2D eigenvalue weighted by molar-refractivity contribution is 0.0707. The third kappa shape index (κ3) is 5.11. The second-order valence-corrected chi connectivity index (χ2v) is 11.0. The number of nitrogens with zero attached hydrogens (tertiary/aromatic N) is 5. The number of rotatable bonds is 7. The molecule has 12 heteroatoms. The Morgan fingerprint density at radius 2 is 1.94 bits per heavy atom. The highest BCUT2D eigenvalue weighted by molar-refractivity contribution is 7.79. The van der Waals surface area contributed by atoms with Crippen molar-refractivity contribution in [2.75, 3.05) is 18.0 Å². The molecule has 4 atom stereocenters. The number of aromatic nitrogens is 4. The predicted molar refractivity (Wildman–Crippen MR) is 136 cm³/mol. The Hall–Kier alpha value is -2.96. The van der Waals surface area contributed by atoms with E-state index in [0.29, 0.717) is 45.2 Å². The summed E-state index contributed by atoms with van der Waals surface area (Å²) in [4.78, 5) is 16.4. The van der Waals surface area contributed by atoms with Gasteiger partial charge in [0.05, 0.1) is 17.1 Å². The first-order valence-electron chi connectivity index (χ1n) is 11.7. The summed E-state index contributed by atoms with van der Waals surface area (Å²) in [6.45, 7) is 6.61. The van der Waals surface area contributed by atoms with Gasteiger partial charge in [-0.1, -0.05) is 42.5 Å². The summed E-state index contributed by atoms with van der Waals surface area (Å²) in [6.07, 6.45) is -0.898. The van der Waals surface area contributed by atoms with Gasteiger partial charge in [0.25, 0.3) is 5.19 Å². The average Bonchev–Trinajstić information content (AvgIpc) is 3.50. The van der Waals surface area contributed by atoms with Crippen LogP contribution in [0.5, 0.6) is 5.19 Å². The number of benzene rings is 1. The predicted octanol–water partition coefficient (Wildman–Crippen LogP) is 5.08. The van der Waals surface area contributed by atoms with E-state index in [-0.39, 0.29) is 24.5 Å². The molecule has 4 heterocycles. The Balaban J connectivity index is 1.25. The number of hydrogen-bond donors (Lipinski definition) is 1. The summed E-state index contributed by atoms with van der Waals surface area (Å²) < 4.78 is 46.9. The lowest BCUT2D eigenvalue weighted by Gasteiger charge is -2.36. The number of hydrogen-bond acceptors (Lipinski definition) is 9. The van der Waals surface area contributed by atoms with E-state index < -0.39 is 17.3 Å². The number of piperidine rings is 1. The van der Waals surface area contributed by atoms with Gasteiger partial charge in [0.1, 0.15) is 22.6 Å². The van der Waals surface area contributed by atoms with Crippen LogP contribution in [0.4, 0.5) is 10.4 Å². The van der Waals surface area contributed by atoms with Crippen molar-refractivity contribution in [2.24, 2.45) is 5.92 Å². The van der Waals surface area contributed by atoms with Gasteiger partial charge in [0.2, 0.25) is 0 Å². The number of alkyl halides is 1. The van der Waals surface area contributed by atoms with Crippen LogP contribution >= 0.6 is 11.3 Å². The van der Waals surface area contributed by atoms with E-state index in [1.54, 1.807) is 29.2 Å². The fraction of sp³-hybridized carbons (Fsp3) is 0.417. The van der Waals surface area contributed by atoms with E-state index in [0.717, 1.165) is 11.3 Å². The van der Waals surface area contributed by atoms with Crippen molar-refractivity contribution < 1.29 is 22.4 Å². The molecule has 1 N–H and O–H groups in total. The Bertz CT molecular complexity index is 1380. The molecule has 4 aromatic rings. The number of anilines is 1. The molecule has 0 radical (unpaired) electrons. The molecule has 190 valence electrons. The van der Waals surface area contributed by atoms with Crippen molar-refractivity contribution in [3.8, 4) is 16.5 Å². The van der Waals surface area contributed by atoms with Crippen molar-refractivity contribution >= 4 is 38.8 Å². The molecule has 3 aromatic heterocycles. The summed E-state index contributed by atoms with van der Waals surface area (Å²) >= 11 is -0.710. The van der Waals surface area contributed by atoms with Gasteiger partial charge in [0.15, 0.2) is 16.9 Å². The fourth-order valence-electron chi connectivity index (χ4n) is 4.21. The maximum absolute atomic E-state index is 15.2. The summed E-state index contributed by atoms with van der Waals surface area (Å²) in [6, 6.07) is 10.8. The minimum atomic E-state index is -2.02. The zero-order chi connectivity index (χ0) is 25.4. The minimum absolute atomic E-state index is 0.146. The van der Waals surface area contributed by atoms with E-state index in [1.165, 1.54) is 11.3 Å². The SMILES string of the molecule is CC(C)c1noc(N2CCC(C(C)Oc3nc4ccc(-c5ccc(S(=O)O)cc5)nc4s3)C(F)C2)n1. The van der Waals surface area contributed by atoms with Crippen LogP contribution in [0.15, 0.2) is 45.8 Å². The second-order valence-electron chi connectivity index (χ2n) is 9.10. The molecule has 5 rings (SSSR count). The number of fused-ring (bicyclic) bond motifs is 1. The summed E-state index contributed by atoms with van der Waals surface area (Å²) in [5, 5.41) is 4.42. The molecule has 1 saturated heterocycles. The number of pyridine rings is 1. The molecule has 1 aliphatic rings. The van der Waals surface area contributed by atoms with Crippen molar-refractivity contribution in [1.82, 2.24) is 20.1 Å². The Labute approximate surface area is 214 Å². The highest BCUT2D eigenvalue weighted by Crippen LogP contribution is 2.33. The van der Waals surface area contributed by atoms with E-state index in [2.05, 4.69) is 20.1 Å². The molecule has 0 amide bonds. The third-order valence-corrected chi connectivity index (χ3v) is 7.82. The first kappa shape index (κ1) is 24.7. The lowest BCUT2D eigenvalue weighted by Crippen LogP contribution is -2.46. The molecule has 0 saturated carbocycles. The smallest absolute Gasteiger partial charge is 0.324 e. The monoisotopic (exact) mass is 531 g/mol. The molecule has 4 unspecified atom stereocenters. The van der Waals surface area contributed by atoms with Crippen LogP contribution in [0.25, 0.3) is 21.6 Å². The number of thiazole rings is 1. The normalized spacial score (nSPS) is 20.1. The molecule has 0 aliphatic carbocycles. The molecule has 0 bridgehead atoms. The first-order valence-corrected chi connectivity index (χ1v) is 13.6. The molecular weight excluding hydrogens is 505 g/mol. The van der Waals surface area contributed by atoms with E-state index in [9.17, 15) is 8.76 Å². The van der Waals surface area contributed by atoms with Gasteiger partial charge in [0, 0.05) is 23.9 Å². The average molecular weight is 532 g/mol. The van der Waals surface area contributed by atoms with Gasteiger partial charge in [-0.05, 0) is 37.6 Å². The van der Waals surface area contributed by atoms with Gasteiger partial charge >= 0.3 is 6.01 Å². The van der Waals surface area contributed by atoms with Crippen molar-refractivity contribution in [2.45, 2.75) is 50.3 Å². The lowest BCUT2D eigenvalue weighted by atomic mass is 9.90. The third-order valence-electron chi connectivity index (χ3n) is 6.29. The van der Waals surface area contributed by atoms with Crippen molar-refractivity contribution in [3.63, 3.8) is 0 Å². The van der Waals surface area contributed by atoms with Gasteiger partial charge < -0.3 is 18.7 Å². The zero-order valence-electron chi connectivity index (χ0n) is 20.0. The van der Waals surface area contributed by atoms with Crippen molar-refractivity contribution in [3.05, 3.63) is 42.2 Å². The first-order chi connectivity index (χ1) is 17.3. The van der Waals surface area contributed by atoms with Crippen LogP contribution < -0.4 is 9.64 Å². The molecule has 36 heavy (non-hydrogen) atoms. The molecule has 1 aromatic carbocycles. The Morgan fingerprint density at radius 1 is 1.17 bits per heavy atom. The van der Waals surface area contributed by atoms with Gasteiger partial charge in [-0.25, -0.2) is 18.6 Å². The van der Waals surface area contributed by atoms with Crippen LogP contribution in [-0.2, 0) is 11.1 Å². The summed E-state index contributed by atoms with van der Waals surface area (Å²) in [5.41, 5.74) is 2.24. The van der Waals surface area contributed by atoms with Crippen LogP contribution in [0.3, 0.4) is 0 Å². The highest BCUT2D eigenvalue weighted by Gasteiger charge is 2.36. The van der Waals surface area contributed by atoms with Gasteiger partial charge in [-0.2, -0.15) is 4.98 Å².